The molecule has 0 aliphatic rings. The number of aromatic hydroxyl groups is 1. The van der Waals surface area contributed by atoms with E-state index in [1.807, 2.05) is 0 Å². The Morgan fingerprint density at radius 2 is 1.81 bits per heavy atom. The lowest BCUT2D eigenvalue weighted by Crippen LogP contribution is -1.94. The van der Waals surface area contributed by atoms with Gasteiger partial charge in [0.25, 0.3) is 0 Å². The quantitative estimate of drug-likeness (QED) is 0.673. The molecule has 0 aliphatic heterocycles. The second kappa shape index (κ2) is 4.02. The predicted molar refractivity (Wildman–Crippen MR) is 63.4 cm³/mol. The molecule has 0 aliphatic carbocycles. The van der Waals surface area contributed by atoms with Crippen LogP contribution in [0.2, 0.25) is 0 Å². The Morgan fingerprint density at radius 3 is 2.56 bits per heavy atom. The molecule has 0 fully saturated rings. The fraction of sp³-hybridized carbons (Fsp3) is 0. The topological polar surface area (TPSA) is 81.5 Å². The van der Waals surface area contributed by atoms with Crippen LogP contribution in [-0.2, 0) is 0 Å². The van der Waals surface area contributed by atoms with Gasteiger partial charge in [-0.15, -0.1) is 0 Å². The molecule has 4 nitrogen and oxygen atoms in total. The van der Waals surface area contributed by atoms with Gasteiger partial charge in [0.15, 0.2) is 5.75 Å². The maximum atomic E-state index is 9.28. The highest BCUT2D eigenvalue weighted by atomic mass is 16.5. The van der Waals surface area contributed by atoms with Gasteiger partial charge in [0.05, 0.1) is 5.69 Å². The molecule has 0 spiro atoms. The lowest BCUT2D eigenvalue weighted by Gasteiger charge is -2.09. The minimum absolute atomic E-state index is 0.139. The molecule has 0 heterocycles. The van der Waals surface area contributed by atoms with Gasteiger partial charge in [-0.05, 0) is 24.3 Å². The van der Waals surface area contributed by atoms with Crippen molar-refractivity contribution in [2.24, 2.45) is 0 Å². The van der Waals surface area contributed by atoms with Crippen molar-refractivity contribution in [3.8, 4) is 17.2 Å². The number of phenols is 1. The number of benzene rings is 2. The Hall–Kier alpha value is -2.36. The van der Waals surface area contributed by atoms with Crippen LogP contribution in [0.25, 0.3) is 0 Å². The highest BCUT2D eigenvalue weighted by Crippen LogP contribution is 2.30. The van der Waals surface area contributed by atoms with E-state index in [4.69, 9.17) is 16.2 Å². The molecule has 0 unspecified atom stereocenters. The molecule has 0 amide bonds. The number of nitrogen functional groups attached to an aromatic ring is 2. The van der Waals surface area contributed by atoms with E-state index < -0.39 is 0 Å². The van der Waals surface area contributed by atoms with Crippen molar-refractivity contribution in [3.63, 3.8) is 0 Å². The Bertz CT molecular complexity index is 512. The summed E-state index contributed by atoms with van der Waals surface area (Å²) in [6, 6.07) is 11.5. The maximum absolute atomic E-state index is 9.28. The lowest BCUT2D eigenvalue weighted by molar-refractivity contribution is 0.456. The first-order valence-corrected chi connectivity index (χ1v) is 4.77. The van der Waals surface area contributed by atoms with Gasteiger partial charge < -0.3 is 21.3 Å². The summed E-state index contributed by atoms with van der Waals surface area (Å²) >= 11 is 0. The average molecular weight is 216 g/mol. The highest BCUT2D eigenvalue weighted by Gasteiger charge is 2.03. The van der Waals surface area contributed by atoms with E-state index in [1.165, 1.54) is 6.07 Å². The van der Waals surface area contributed by atoms with Crippen molar-refractivity contribution in [1.82, 2.24) is 0 Å². The van der Waals surface area contributed by atoms with Gasteiger partial charge in [-0.1, -0.05) is 6.07 Å². The number of hydrogen-bond donors (Lipinski definition) is 3. The summed E-state index contributed by atoms with van der Waals surface area (Å²) in [5, 5.41) is 9.28. The third kappa shape index (κ3) is 2.17. The largest absolute Gasteiger partial charge is 0.508 e. The molecule has 2 aromatic rings. The molecule has 0 radical (unpaired) electrons. The van der Waals surface area contributed by atoms with Crippen LogP contribution in [0.1, 0.15) is 0 Å². The number of anilines is 2. The summed E-state index contributed by atoms with van der Waals surface area (Å²) in [5.41, 5.74) is 12.4. The molecule has 0 saturated heterocycles. The first kappa shape index (κ1) is 10.2. The molecule has 2 rings (SSSR count). The van der Waals surface area contributed by atoms with E-state index in [1.54, 1.807) is 36.4 Å². The first-order valence-electron chi connectivity index (χ1n) is 4.77. The van der Waals surface area contributed by atoms with E-state index in [0.29, 0.717) is 22.9 Å². The van der Waals surface area contributed by atoms with Crippen LogP contribution in [0.3, 0.4) is 0 Å². The Labute approximate surface area is 93.1 Å². The third-order valence-corrected chi connectivity index (χ3v) is 2.08. The Kier molecular flexibility index (Phi) is 2.55. The summed E-state index contributed by atoms with van der Waals surface area (Å²) in [6.45, 7) is 0. The molecule has 16 heavy (non-hydrogen) atoms. The van der Waals surface area contributed by atoms with Crippen LogP contribution in [-0.4, -0.2) is 5.11 Å². The van der Waals surface area contributed by atoms with Gasteiger partial charge in [0, 0.05) is 17.8 Å². The SMILES string of the molecule is Nc1ccc(N)c(Oc2cccc(O)c2)c1. The van der Waals surface area contributed by atoms with Crippen molar-refractivity contribution >= 4 is 11.4 Å². The first-order chi connectivity index (χ1) is 7.65. The molecule has 0 aromatic heterocycles. The van der Waals surface area contributed by atoms with Crippen LogP contribution < -0.4 is 16.2 Å². The van der Waals surface area contributed by atoms with Crippen molar-refractivity contribution < 1.29 is 9.84 Å². The van der Waals surface area contributed by atoms with Gasteiger partial charge in [-0.2, -0.15) is 0 Å². The predicted octanol–water partition coefficient (Wildman–Crippen LogP) is 2.35. The second-order valence-electron chi connectivity index (χ2n) is 3.40. The van der Waals surface area contributed by atoms with Crippen LogP contribution in [0, 0.1) is 0 Å². The molecule has 0 saturated carbocycles. The van der Waals surface area contributed by atoms with Crippen molar-refractivity contribution in [2.45, 2.75) is 0 Å². The summed E-state index contributed by atoms with van der Waals surface area (Å²) in [6.07, 6.45) is 0. The average Bonchev–Trinajstić information content (AvgIpc) is 2.24. The molecule has 5 N–H and O–H groups in total. The number of hydrogen-bond acceptors (Lipinski definition) is 4. The minimum Gasteiger partial charge on any atom is -0.508 e. The van der Waals surface area contributed by atoms with Crippen LogP contribution in [0.4, 0.5) is 11.4 Å². The fourth-order valence-electron chi connectivity index (χ4n) is 1.31. The maximum Gasteiger partial charge on any atom is 0.152 e. The Morgan fingerprint density at radius 1 is 1.00 bits per heavy atom. The van der Waals surface area contributed by atoms with E-state index in [-0.39, 0.29) is 5.75 Å². The summed E-state index contributed by atoms with van der Waals surface area (Å²) < 4.78 is 5.51. The summed E-state index contributed by atoms with van der Waals surface area (Å²) in [4.78, 5) is 0. The van der Waals surface area contributed by atoms with E-state index in [0.717, 1.165) is 0 Å². The zero-order valence-corrected chi connectivity index (χ0v) is 8.55. The van der Waals surface area contributed by atoms with Gasteiger partial charge in [-0.3, -0.25) is 0 Å². The molecular formula is C12H12N2O2. The lowest BCUT2D eigenvalue weighted by atomic mass is 10.2. The second-order valence-corrected chi connectivity index (χ2v) is 3.40. The molecule has 0 bridgehead atoms. The zero-order valence-electron chi connectivity index (χ0n) is 8.55. The Balaban J connectivity index is 2.30. The van der Waals surface area contributed by atoms with Gasteiger partial charge >= 0.3 is 0 Å². The standard InChI is InChI=1S/C12H12N2O2/c13-8-4-5-11(14)12(6-8)16-10-3-1-2-9(15)7-10/h1-7,15H,13-14H2. The number of rotatable bonds is 2. The number of ether oxygens (including phenoxy) is 1. The number of phenolic OH excluding ortho intramolecular Hbond substituents is 1. The molecule has 2 aromatic carbocycles. The van der Waals surface area contributed by atoms with Crippen molar-refractivity contribution in [3.05, 3.63) is 42.5 Å². The van der Waals surface area contributed by atoms with Gasteiger partial charge in [-0.25, -0.2) is 0 Å². The van der Waals surface area contributed by atoms with Crippen molar-refractivity contribution in [2.75, 3.05) is 11.5 Å². The summed E-state index contributed by atoms with van der Waals surface area (Å²) in [5.74, 6) is 1.13. The normalized spacial score (nSPS) is 10.0. The number of nitrogens with two attached hydrogens (primary N) is 2. The summed E-state index contributed by atoms with van der Waals surface area (Å²) in [7, 11) is 0. The molecule has 0 atom stereocenters. The van der Waals surface area contributed by atoms with Gasteiger partial charge in [0.1, 0.15) is 11.5 Å². The van der Waals surface area contributed by atoms with Crippen molar-refractivity contribution in [1.29, 1.82) is 0 Å². The zero-order chi connectivity index (χ0) is 11.5. The van der Waals surface area contributed by atoms with E-state index in [9.17, 15) is 5.11 Å². The van der Waals surface area contributed by atoms with Crippen LogP contribution >= 0.6 is 0 Å². The minimum atomic E-state index is 0.139. The fourth-order valence-corrected chi connectivity index (χ4v) is 1.31. The van der Waals surface area contributed by atoms with Gasteiger partial charge in [0.2, 0.25) is 0 Å². The smallest absolute Gasteiger partial charge is 0.152 e. The highest BCUT2D eigenvalue weighted by molar-refractivity contribution is 5.60. The molecule has 4 heteroatoms. The van der Waals surface area contributed by atoms with E-state index >= 15 is 0 Å². The van der Waals surface area contributed by atoms with Crippen LogP contribution in [0.5, 0.6) is 17.2 Å². The monoisotopic (exact) mass is 216 g/mol. The van der Waals surface area contributed by atoms with E-state index in [2.05, 4.69) is 0 Å². The van der Waals surface area contributed by atoms with Crippen LogP contribution in [0.15, 0.2) is 42.5 Å². The third-order valence-electron chi connectivity index (χ3n) is 2.08. The molecule has 82 valence electrons. The molecular weight excluding hydrogens is 204 g/mol.